The Morgan fingerprint density at radius 1 is 0.947 bits per heavy atom. The fraction of sp³-hybridized carbons (Fsp3) is 0.607. The lowest BCUT2D eigenvalue weighted by molar-refractivity contribution is 0.0943. The van der Waals surface area contributed by atoms with Crippen molar-refractivity contribution in [2.24, 2.45) is 0 Å². The summed E-state index contributed by atoms with van der Waals surface area (Å²) >= 11 is 1.59. The van der Waals surface area contributed by atoms with Gasteiger partial charge < -0.3 is 29.3 Å². The number of hydrogen-bond donors (Lipinski definition) is 1. The van der Waals surface area contributed by atoms with Crippen molar-refractivity contribution in [1.82, 2.24) is 25.1 Å². The maximum Gasteiger partial charge on any atom is 0.270 e. The molecule has 10 heteroatoms. The van der Waals surface area contributed by atoms with E-state index in [1.807, 2.05) is 12.1 Å². The molecule has 1 aliphatic heterocycles. The molecule has 2 heterocycles. The standard InChI is InChI=1S/C28H43N5O4S/c1-6-7-8-9-17-38-28-30-22(21-18-24(35-3)26(37-5)25(19-21)36-4)20-23(31-28)27(34)29-11-10-12-33-15-13-32(2)14-16-33/h18-20H,6-17H2,1-5H3,(H,29,34). The molecular weight excluding hydrogens is 502 g/mol. The molecular formula is C28H43N5O4S. The number of likely N-dealkylation sites (N-methyl/N-ethyl adjacent to an activating group) is 1. The van der Waals surface area contributed by atoms with Crippen LogP contribution in [-0.2, 0) is 0 Å². The molecule has 0 bridgehead atoms. The van der Waals surface area contributed by atoms with Crippen LogP contribution in [-0.4, -0.2) is 99.1 Å². The largest absolute Gasteiger partial charge is 0.493 e. The summed E-state index contributed by atoms with van der Waals surface area (Å²) in [5.41, 5.74) is 1.76. The normalized spacial score (nSPS) is 14.3. The topological polar surface area (TPSA) is 89.1 Å². The van der Waals surface area contributed by atoms with E-state index < -0.39 is 0 Å². The van der Waals surface area contributed by atoms with Crippen molar-refractivity contribution in [3.8, 4) is 28.5 Å². The lowest BCUT2D eigenvalue weighted by Crippen LogP contribution is -2.45. The minimum atomic E-state index is -0.188. The molecule has 210 valence electrons. The quantitative estimate of drug-likeness (QED) is 0.201. The number of nitrogens with zero attached hydrogens (tertiary/aromatic N) is 4. The summed E-state index contributed by atoms with van der Waals surface area (Å²) < 4.78 is 16.5. The molecule has 3 rings (SSSR count). The lowest BCUT2D eigenvalue weighted by Gasteiger charge is -2.32. The summed E-state index contributed by atoms with van der Waals surface area (Å²) in [6, 6.07) is 5.42. The average molecular weight is 546 g/mol. The third-order valence-electron chi connectivity index (χ3n) is 6.66. The van der Waals surface area contributed by atoms with Gasteiger partial charge in [-0.15, -0.1) is 0 Å². The first-order valence-corrected chi connectivity index (χ1v) is 14.5. The first-order valence-electron chi connectivity index (χ1n) is 13.5. The van der Waals surface area contributed by atoms with E-state index in [9.17, 15) is 4.79 Å². The second kappa shape index (κ2) is 15.8. The summed E-state index contributed by atoms with van der Waals surface area (Å²) in [5.74, 6) is 2.29. The van der Waals surface area contributed by atoms with E-state index in [1.54, 1.807) is 39.2 Å². The number of benzene rings is 1. The molecule has 9 nitrogen and oxygen atoms in total. The van der Waals surface area contributed by atoms with Gasteiger partial charge in [-0.25, -0.2) is 9.97 Å². The maximum atomic E-state index is 13.1. The van der Waals surface area contributed by atoms with Crippen molar-refractivity contribution < 1.29 is 19.0 Å². The minimum Gasteiger partial charge on any atom is -0.493 e. The van der Waals surface area contributed by atoms with E-state index in [0.717, 1.165) is 56.9 Å². The zero-order valence-corrected chi connectivity index (χ0v) is 24.4. The van der Waals surface area contributed by atoms with E-state index >= 15 is 0 Å². The predicted molar refractivity (Wildman–Crippen MR) is 153 cm³/mol. The Bertz CT molecular complexity index is 1010. The Morgan fingerprint density at radius 2 is 1.66 bits per heavy atom. The summed E-state index contributed by atoms with van der Waals surface area (Å²) in [6.45, 7) is 8.13. The van der Waals surface area contributed by atoms with Gasteiger partial charge in [-0.05, 0) is 44.6 Å². The van der Waals surface area contributed by atoms with Gasteiger partial charge in [0.1, 0.15) is 5.69 Å². The minimum absolute atomic E-state index is 0.188. The Morgan fingerprint density at radius 3 is 2.29 bits per heavy atom. The van der Waals surface area contributed by atoms with E-state index in [2.05, 4.69) is 34.1 Å². The Labute approximate surface area is 231 Å². The van der Waals surface area contributed by atoms with Crippen LogP contribution in [0.2, 0.25) is 0 Å². The first kappa shape index (κ1) is 30.0. The second-order valence-electron chi connectivity index (χ2n) is 9.50. The van der Waals surface area contributed by atoms with Gasteiger partial charge in [-0.3, -0.25) is 4.79 Å². The third kappa shape index (κ3) is 8.74. The van der Waals surface area contributed by atoms with Crippen LogP contribution in [0.3, 0.4) is 0 Å². The summed E-state index contributed by atoms with van der Waals surface area (Å²) in [7, 11) is 6.90. The molecule has 0 spiro atoms. The van der Waals surface area contributed by atoms with Crippen molar-refractivity contribution in [2.75, 3.05) is 73.4 Å². The van der Waals surface area contributed by atoms with Crippen molar-refractivity contribution in [3.63, 3.8) is 0 Å². The van der Waals surface area contributed by atoms with Gasteiger partial charge in [0.15, 0.2) is 16.7 Å². The number of carbonyl (C=O) groups is 1. The molecule has 0 aliphatic carbocycles. The fourth-order valence-corrected chi connectivity index (χ4v) is 5.20. The SMILES string of the molecule is CCCCCCSc1nc(C(=O)NCCCN2CCN(C)CC2)cc(-c2cc(OC)c(OC)c(OC)c2)n1. The predicted octanol–water partition coefficient (Wildman–Crippen LogP) is 4.21. The Kier molecular flexibility index (Phi) is 12.4. The van der Waals surface area contributed by atoms with Crippen LogP contribution in [0.25, 0.3) is 11.3 Å². The Balaban J connectivity index is 1.76. The Hall–Kier alpha value is -2.56. The molecule has 1 aliphatic rings. The van der Waals surface area contributed by atoms with Gasteiger partial charge in [-0.2, -0.15) is 0 Å². The molecule has 1 aromatic heterocycles. The fourth-order valence-electron chi connectivity index (χ4n) is 4.34. The number of nitrogens with one attached hydrogen (secondary N) is 1. The molecule has 0 atom stereocenters. The number of unbranched alkanes of at least 4 members (excludes halogenated alkanes) is 3. The van der Waals surface area contributed by atoms with E-state index in [-0.39, 0.29) is 5.91 Å². The van der Waals surface area contributed by atoms with Gasteiger partial charge in [0.05, 0.1) is 27.0 Å². The van der Waals surface area contributed by atoms with Crippen molar-refractivity contribution in [2.45, 2.75) is 44.2 Å². The second-order valence-corrected chi connectivity index (χ2v) is 10.6. The van der Waals surface area contributed by atoms with Crippen LogP contribution < -0.4 is 19.5 Å². The summed E-state index contributed by atoms with van der Waals surface area (Å²) in [5, 5.41) is 3.65. The van der Waals surface area contributed by atoms with E-state index in [4.69, 9.17) is 19.2 Å². The number of methoxy groups -OCH3 is 3. The summed E-state index contributed by atoms with van der Waals surface area (Å²) in [6.07, 6.45) is 5.58. The number of amides is 1. The van der Waals surface area contributed by atoms with Gasteiger partial charge in [0, 0.05) is 44.0 Å². The van der Waals surface area contributed by atoms with E-state index in [1.165, 1.54) is 19.3 Å². The molecule has 1 saturated heterocycles. The molecule has 38 heavy (non-hydrogen) atoms. The van der Waals surface area contributed by atoms with Gasteiger partial charge in [0.2, 0.25) is 5.75 Å². The molecule has 1 fully saturated rings. The molecule has 0 unspecified atom stereocenters. The van der Waals surface area contributed by atoms with Crippen LogP contribution in [0, 0.1) is 0 Å². The molecule has 1 amide bonds. The zero-order chi connectivity index (χ0) is 27.3. The molecule has 0 saturated carbocycles. The van der Waals surface area contributed by atoms with Crippen LogP contribution in [0.4, 0.5) is 0 Å². The van der Waals surface area contributed by atoms with E-state index in [0.29, 0.717) is 40.3 Å². The average Bonchev–Trinajstić information content (AvgIpc) is 2.95. The van der Waals surface area contributed by atoms with Gasteiger partial charge in [0.25, 0.3) is 5.91 Å². The monoisotopic (exact) mass is 545 g/mol. The molecule has 1 N–H and O–H groups in total. The number of hydrogen-bond acceptors (Lipinski definition) is 9. The number of ether oxygens (including phenoxy) is 3. The van der Waals surface area contributed by atoms with Gasteiger partial charge in [-0.1, -0.05) is 37.9 Å². The highest BCUT2D eigenvalue weighted by Gasteiger charge is 2.19. The number of rotatable bonds is 15. The molecule has 0 radical (unpaired) electrons. The van der Waals surface area contributed by atoms with Crippen LogP contribution in [0.5, 0.6) is 17.2 Å². The highest BCUT2D eigenvalue weighted by Crippen LogP contribution is 2.41. The van der Waals surface area contributed by atoms with Crippen molar-refractivity contribution in [3.05, 3.63) is 23.9 Å². The van der Waals surface area contributed by atoms with Crippen molar-refractivity contribution in [1.29, 1.82) is 0 Å². The number of piperazine rings is 1. The maximum absolute atomic E-state index is 13.1. The lowest BCUT2D eigenvalue weighted by atomic mass is 10.1. The number of thioether (sulfide) groups is 1. The number of carbonyl (C=O) groups excluding carboxylic acids is 1. The van der Waals surface area contributed by atoms with Gasteiger partial charge >= 0.3 is 0 Å². The van der Waals surface area contributed by atoms with Crippen LogP contribution in [0.15, 0.2) is 23.4 Å². The zero-order valence-electron chi connectivity index (χ0n) is 23.5. The van der Waals surface area contributed by atoms with Crippen LogP contribution >= 0.6 is 11.8 Å². The smallest absolute Gasteiger partial charge is 0.270 e. The molecule has 2 aromatic rings. The highest BCUT2D eigenvalue weighted by atomic mass is 32.2. The third-order valence-corrected chi connectivity index (χ3v) is 7.59. The number of aromatic nitrogens is 2. The summed E-state index contributed by atoms with van der Waals surface area (Å²) in [4.78, 5) is 27.3. The molecule has 1 aromatic carbocycles. The van der Waals surface area contributed by atoms with Crippen LogP contribution in [0.1, 0.15) is 49.5 Å². The van der Waals surface area contributed by atoms with Crippen molar-refractivity contribution >= 4 is 17.7 Å². The first-order chi connectivity index (χ1) is 18.5. The highest BCUT2D eigenvalue weighted by molar-refractivity contribution is 7.99.